The fraction of sp³-hybridized carbons (Fsp3) is 0.429. The van der Waals surface area contributed by atoms with Crippen molar-refractivity contribution in [2.24, 2.45) is 0 Å². The predicted molar refractivity (Wildman–Crippen MR) is 101 cm³/mol. The lowest BCUT2D eigenvalue weighted by Crippen LogP contribution is -2.19. The van der Waals surface area contributed by atoms with Crippen molar-refractivity contribution >= 4 is 11.6 Å². The number of hydrogen-bond donors (Lipinski definition) is 1. The minimum atomic E-state index is -0.439. The van der Waals surface area contributed by atoms with Gasteiger partial charge in [0, 0.05) is 6.20 Å². The lowest BCUT2D eigenvalue weighted by molar-refractivity contribution is 0.102. The molecule has 0 aliphatic rings. The molecule has 3 nitrogen and oxygen atoms in total. The Bertz CT molecular complexity index is 799. The first-order valence-corrected chi connectivity index (χ1v) is 8.48. The van der Waals surface area contributed by atoms with Crippen LogP contribution in [0.5, 0.6) is 0 Å². The summed E-state index contributed by atoms with van der Waals surface area (Å²) >= 11 is 0. The number of hydrogen-bond acceptors (Lipinski definition) is 2. The summed E-state index contributed by atoms with van der Waals surface area (Å²) in [6.45, 7) is 14.3. The zero-order valence-electron chi connectivity index (χ0n) is 16.1. The number of nitrogens with zero attached hydrogens (tertiary/aromatic N) is 1. The second kappa shape index (κ2) is 6.58. The minimum absolute atomic E-state index is 0.0908. The molecule has 1 heterocycles. The summed E-state index contributed by atoms with van der Waals surface area (Å²) in [4.78, 5) is 16.7. The van der Waals surface area contributed by atoms with Crippen molar-refractivity contribution in [3.63, 3.8) is 0 Å². The Morgan fingerprint density at radius 3 is 2.24 bits per heavy atom. The molecule has 2 rings (SSSR count). The number of nitrogens with one attached hydrogen (secondary N) is 1. The standard InChI is InChI=1S/C21H27FN2O/c1-13-10-16(22)17(12-15(13)21(5,6)7)24-19(25)18-11-14(8-9-23-18)20(2,3)4/h8-12H,1-7H3,(H,24,25). The van der Waals surface area contributed by atoms with Crippen LogP contribution < -0.4 is 5.32 Å². The summed E-state index contributed by atoms with van der Waals surface area (Å²) < 4.78 is 14.3. The first kappa shape index (κ1) is 19.1. The van der Waals surface area contributed by atoms with Gasteiger partial charge in [0.1, 0.15) is 11.5 Å². The highest BCUT2D eigenvalue weighted by Gasteiger charge is 2.21. The number of amides is 1. The number of carbonyl (C=O) groups is 1. The smallest absolute Gasteiger partial charge is 0.274 e. The van der Waals surface area contributed by atoms with Crippen LogP contribution in [0.1, 0.15) is 68.7 Å². The van der Waals surface area contributed by atoms with Crippen LogP contribution in [0.4, 0.5) is 10.1 Å². The summed E-state index contributed by atoms with van der Waals surface area (Å²) in [6.07, 6.45) is 1.61. The molecule has 4 heteroatoms. The van der Waals surface area contributed by atoms with Crippen LogP contribution >= 0.6 is 0 Å². The topological polar surface area (TPSA) is 42.0 Å². The predicted octanol–water partition coefficient (Wildman–Crippen LogP) is 5.38. The van der Waals surface area contributed by atoms with Crippen LogP contribution in [0.3, 0.4) is 0 Å². The maximum Gasteiger partial charge on any atom is 0.274 e. The fourth-order valence-electron chi connectivity index (χ4n) is 2.78. The normalized spacial score (nSPS) is 12.2. The zero-order chi connectivity index (χ0) is 19.0. The number of aryl methyl sites for hydroxylation is 1. The van der Waals surface area contributed by atoms with Gasteiger partial charge in [-0.3, -0.25) is 9.78 Å². The van der Waals surface area contributed by atoms with E-state index in [4.69, 9.17) is 0 Å². The van der Waals surface area contributed by atoms with Gasteiger partial charge in [0.2, 0.25) is 0 Å². The van der Waals surface area contributed by atoms with Gasteiger partial charge in [-0.2, -0.15) is 0 Å². The van der Waals surface area contributed by atoms with E-state index in [-0.39, 0.29) is 22.2 Å². The quantitative estimate of drug-likeness (QED) is 0.796. The molecule has 0 aliphatic carbocycles. The molecule has 0 saturated carbocycles. The molecule has 1 aromatic carbocycles. The van der Waals surface area contributed by atoms with Crippen molar-refractivity contribution in [1.82, 2.24) is 4.98 Å². The lowest BCUT2D eigenvalue weighted by Gasteiger charge is -2.23. The van der Waals surface area contributed by atoms with Gasteiger partial charge in [-0.25, -0.2) is 4.39 Å². The summed E-state index contributed by atoms with van der Waals surface area (Å²) in [5.41, 5.74) is 3.12. The van der Waals surface area contributed by atoms with Gasteiger partial charge in [-0.15, -0.1) is 0 Å². The zero-order valence-corrected chi connectivity index (χ0v) is 16.1. The van der Waals surface area contributed by atoms with E-state index >= 15 is 0 Å². The third-order valence-electron chi connectivity index (χ3n) is 4.23. The lowest BCUT2D eigenvalue weighted by atomic mass is 9.84. The van der Waals surface area contributed by atoms with Gasteiger partial charge in [0.05, 0.1) is 5.69 Å². The Balaban J connectivity index is 2.36. The number of pyridine rings is 1. The maximum atomic E-state index is 14.3. The molecule has 134 valence electrons. The molecule has 0 spiro atoms. The summed E-state index contributed by atoms with van der Waals surface area (Å²) in [5.74, 6) is -0.848. The average Bonchev–Trinajstić information content (AvgIpc) is 2.48. The number of anilines is 1. The van der Waals surface area contributed by atoms with E-state index in [0.717, 1.165) is 16.7 Å². The molecule has 0 bridgehead atoms. The van der Waals surface area contributed by atoms with Gasteiger partial charge in [-0.05, 0) is 58.7 Å². The van der Waals surface area contributed by atoms with Crippen LogP contribution in [0, 0.1) is 12.7 Å². The van der Waals surface area contributed by atoms with E-state index in [9.17, 15) is 9.18 Å². The molecule has 1 N–H and O–H groups in total. The van der Waals surface area contributed by atoms with Crippen molar-refractivity contribution in [3.8, 4) is 0 Å². The SMILES string of the molecule is Cc1cc(F)c(NC(=O)c2cc(C(C)(C)C)ccn2)cc1C(C)(C)C. The third kappa shape index (κ3) is 4.44. The molecule has 0 unspecified atom stereocenters. The molecular formula is C21H27FN2O. The second-order valence-electron chi connectivity index (χ2n) is 8.53. The molecule has 2 aromatic rings. The van der Waals surface area contributed by atoms with E-state index in [1.54, 1.807) is 18.3 Å². The highest BCUT2D eigenvalue weighted by atomic mass is 19.1. The van der Waals surface area contributed by atoms with E-state index in [1.807, 2.05) is 13.0 Å². The summed E-state index contributed by atoms with van der Waals surface area (Å²) in [6, 6.07) is 6.83. The molecule has 0 saturated heterocycles. The van der Waals surface area contributed by atoms with Crippen molar-refractivity contribution in [2.45, 2.75) is 59.3 Å². The first-order chi connectivity index (χ1) is 11.4. The number of rotatable bonds is 2. The number of aromatic nitrogens is 1. The van der Waals surface area contributed by atoms with E-state index in [2.05, 4.69) is 51.8 Å². The van der Waals surface area contributed by atoms with E-state index in [1.165, 1.54) is 6.07 Å². The van der Waals surface area contributed by atoms with Gasteiger partial charge in [0.25, 0.3) is 5.91 Å². The van der Waals surface area contributed by atoms with E-state index < -0.39 is 11.7 Å². The average molecular weight is 342 g/mol. The third-order valence-corrected chi connectivity index (χ3v) is 4.23. The molecule has 0 aliphatic heterocycles. The Morgan fingerprint density at radius 1 is 1.04 bits per heavy atom. The van der Waals surface area contributed by atoms with Crippen LogP contribution in [0.25, 0.3) is 0 Å². The Morgan fingerprint density at radius 2 is 1.68 bits per heavy atom. The maximum absolute atomic E-state index is 14.3. The van der Waals surface area contributed by atoms with Crippen LogP contribution in [0.15, 0.2) is 30.5 Å². The van der Waals surface area contributed by atoms with Crippen LogP contribution in [0.2, 0.25) is 0 Å². The summed E-state index contributed by atoms with van der Waals surface area (Å²) in [5, 5.41) is 2.67. The van der Waals surface area contributed by atoms with Crippen LogP contribution in [-0.4, -0.2) is 10.9 Å². The number of halogens is 1. The summed E-state index contributed by atoms with van der Waals surface area (Å²) in [7, 11) is 0. The van der Waals surface area contributed by atoms with Crippen molar-refractivity contribution < 1.29 is 9.18 Å². The monoisotopic (exact) mass is 342 g/mol. The highest BCUT2D eigenvalue weighted by Crippen LogP contribution is 2.30. The van der Waals surface area contributed by atoms with Gasteiger partial charge in [0.15, 0.2) is 0 Å². The first-order valence-electron chi connectivity index (χ1n) is 8.48. The van der Waals surface area contributed by atoms with Gasteiger partial charge < -0.3 is 5.32 Å². The second-order valence-corrected chi connectivity index (χ2v) is 8.53. The van der Waals surface area contributed by atoms with Crippen LogP contribution in [-0.2, 0) is 10.8 Å². The highest BCUT2D eigenvalue weighted by molar-refractivity contribution is 6.03. The fourth-order valence-corrected chi connectivity index (χ4v) is 2.78. The number of carbonyl (C=O) groups excluding carboxylic acids is 1. The molecular weight excluding hydrogens is 315 g/mol. The Kier molecular flexibility index (Phi) is 5.03. The van der Waals surface area contributed by atoms with Crippen molar-refractivity contribution in [2.75, 3.05) is 5.32 Å². The molecule has 1 amide bonds. The van der Waals surface area contributed by atoms with Gasteiger partial charge >= 0.3 is 0 Å². The Labute approximate surface area is 149 Å². The molecule has 0 fully saturated rings. The molecule has 0 atom stereocenters. The number of benzene rings is 1. The minimum Gasteiger partial charge on any atom is -0.318 e. The van der Waals surface area contributed by atoms with Crippen molar-refractivity contribution in [1.29, 1.82) is 0 Å². The molecule has 0 radical (unpaired) electrons. The van der Waals surface area contributed by atoms with Gasteiger partial charge in [-0.1, -0.05) is 41.5 Å². The largest absolute Gasteiger partial charge is 0.318 e. The van der Waals surface area contributed by atoms with Crippen molar-refractivity contribution in [3.05, 3.63) is 58.7 Å². The molecule has 25 heavy (non-hydrogen) atoms. The van der Waals surface area contributed by atoms with E-state index in [0.29, 0.717) is 0 Å². The molecule has 1 aromatic heterocycles. The Hall–Kier alpha value is -2.23.